The Balaban J connectivity index is 1.66. The van der Waals surface area contributed by atoms with Gasteiger partial charge in [-0.05, 0) is 46.1 Å². The van der Waals surface area contributed by atoms with E-state index in [1.807, 2.05) is 42.1 Å². The van der Waals surface area contributed by atoms with E-state index >= 15 is 0 Å². The van der Waals surface area contributed by atoms with E-state index in [4.69, 9.17) is 20.6 Å². The molecule has 35 heavy (non-hydrogen) atoms. The van der Waals surface area contributed by atoms with Gasteiger partial charge in [-0.15, -0.1) is 0 Å². The van der Waals surface area contributed by atoms with Crippen LogP contribution in [0.2, 0.25) is 0 Å². The molecular weight excluding hydrogens is 440 g/mol. The molecule has 0 aliphatic rings. The van der Waals surface area contributed by atoms with Gasteiger partial charge in [0.05, 0.1) is 35.4 Å². The van der Waals surface area contributed by atoms with Crippen LogP contribution in [0.1, 0.15) is 19.9 Å². The fourth-order valence-corrected chi connectivity index (χ4v) is 4.00. The van der Waals surface area contributed by atoms with Crippen LogP contribution < -0.4 is 20.7 Å². The quantitative estimate of drug-likeness (QED) is 0.344. The van der Waals surface area contributed by atoms with Crippen molar-refractivity contribution in [2.45, 2.75) is 19.9 Å². The number of rotatable bonds is 9. The number of para-hydroxylation sites is 1. The van der Waals surface area contributed by atoms with Gasteiger partial charge in [-0.3, -0.25) is 4.68 Å². The summed E-state index contributed by atoms with van der Waals surface area (Å²) in [6.07, 6.45) is 1.73. The molecule has 2 heterocycles. The summed E-state index contributed by atoms with van der Waals surface area (Å²) in [7, 11) is 7.77. The van der Waals surface area contributed by atoms with Crippen LogP contribution in [0.5, 0.6) is 5.75 Å². The summed E-state index contributed by atoms with van der Waals surface area (Å²) < 4.78 is 7.69. The Kier molecular flexibility index (Phi) is 7.07. The smallest absolute Gasteiger partial charge is 0.227 e. The molecule has 184 valence electrons. The number of likely N-dealkylation sites (N-methyl/N-ethyl adjacent to an activating group) is 2. The average Bonchev–Trinajstić information content (AvgIpc) is 3.23. The summed E-state index contributed by atoms with van der Waals surface area (Å²) >= 11 is 0. The Morgan fingerprint density at radius 3 is 2.57 bits per heavy atom. The van der Waals surface area contributed by atoms with Crippen molar-refractivity contribution in [2.24, 2.45) is 0 Å². The van der Waals surface area contributed by atoms with E-state index in [1.54, 1.807) is 13.3 Å². The Morgan fingerprint density at radius 2 is 1.86 bits per heavy atom. The van der Waals surface area contributed by atoms with Crippen molar-refractivity contribution >= 4 is 33.9 Å². The summed E-state index contributed by atoms with van der Waals surface area (Å²) in [6, 6.07) is 14.1. The molecule has 0 unspecified atom stereocenters. The van der Waals surface area contributed by atoms with Gasteiger partial charge in [0.25, 0.3) is 0 Å². The highest BCUT2D eigenvalue weighted by molar-refractivity contribution is 5.92. The highest BCUT2D eigenvalue weighted by Gasteiger charge is 2.17. The zero-order chi connectivity index (χ0) is 25.1. The van der Waals surface area contributed by atoms with Gasteiger partial charge >= 0.3 is 0 Å². The van der Waals surface area contributed by atoms with Gasteiger partial charge in [0, 0.05) is 43.8 Å². The number of nitrogens with zero attached hydrogens (tertiary/aromatic N) is 6. The number of methoxy groups -OCH3 is 1. The van der Waals surface area contributed by atoms with Crippen molar-refractivity contribution in [3.63, 3.8) is 0 Å². The molecule has 0 saturated carbocycles. The molecule has 0 fully saturated rings. The van der Waals surface area contributed by atoms with Gasteiger partial charge in [0.2, 0.25) is 5.95 Å². The van der Waals surface area contributed by atoms with E-state index < -0.39 is 0 Å². The van der Waals surface area contributed by atoms with E-state index in [0.717, 1.165) is 41.1 Å². The molecule has 0 bridgehead atoms. The molecule has 0 aliphatic carbocycles. The fraction of sp³-hybridized carbons (Fsp3) is 0.346. The van der Waals surface area contributed by atoms with Crippen LogP contribution in [0.25, 0.3) is 22.3 Å². The fourth-order valence-electron chi connectivity index (χ4n) is 4.00. The highest BCUT2D eigenvalue weighted by Crippen LogP contribution is 2.36. The van der Waals surface area contributed by atoms with Crippen LogP contribution in [0, 0.1) is 0 Å². The van der Waals surface area contributed by atoms with Gasteiger partial charge < -0.3 is 25.6 Å². The number of hydrogen-bond acceptors (Lipinski definition) is 8. The molecular formula is C26H34N8O. The second kappa shape index (κ2) is 10.2. The number of aromatic nitrogens is 4. The maximum Gasteiger partial charge on any atom is 0.227 e. The molecule has 0 spiro atoms. The number of nitrogens with two attached hydrogens (primary N) is 1. The minimum absolute atomic E-state index is 0.231. The van der Waals surface area contributed by atoms with Crippen molar-refractivity contribution in [1.82, 2.24) is 24.6 Å². The zero-order valence-electron chi connectivity index (χ0n) is 21.3. The molecule has 9 nitrogen and oxygen atoms in total. The highest BCUT2D eigenvalue weighted by atomic mass is 16.5. The Hall–Kier alpha value is -3.85. The minimum Gasteiger partial charge on any atom is -0.494 e. The third-order valence-electron chi connectivity index (χ3n) is 5.89. The number of anilines is 4. The summed E-state index contributed by atoms with van der Waals surface area (Å²) in [5, 5.41) is 9.19. The first-order valence-corrected chi connectivity index (χ1v) is 11.7. The lowest BCUT2D eigenvalue weighted by molar-refractivity contribution is 0.413. The summed E-state index contributed by atoms with van der Waals surface area (Å²) in [5.41, 5.74) is 11.3. The topological polar surface area (TPSA) is 97.4 Å². The Morgan fingerprint density at radius 1 is 1.09 bits per heavy atom. The number of benzene rings is 2. The predicted molar refractivity (Wildman–Crippen MR) is 144 cm³/mol. The SMILES string of the molecule is COc1cc(N(C)CCN(C)C)c(N)cc1Nc1nccc(-c2nn(C(C)C)c3ccccc23)n1. The van der Waals surface area contributed by atoms with Crippen molar-refractivity contribution < 1.29 is 4.74 Å². The molecule has 4 rings (SSSR count). The summed E-state index contributed by atoms with van der Waals surface area (Å²) in [5.74, 6) is 1.10. The van der Waals surface area contributed by atoms with Gasteiger partial charge in [-0.1, -0.05) is 18.2 Å². The first-order chi connectivity index (χ1) is 16.8. The Bertz CT molecular complexity index is 1310. The average molecular weight is 475 g/mol. The third kappa shape index (κ3) is 5.14. The second-order valence-electron chi connectivity index (χ2n) is 9.13. The molecule has 4 aromatic rings. The number of fused-ring (bicyclic) bond motifs is 1. The first-order valence-electron chi connectivity index (χ1n) is 11.7. The molecule has 0 saturated heterocycles. The lowest BCUT2D eigenvalue weighted by atomic mass is 10.1. The van der Waals surface area contributed by atoms with E-state index in [9.17, 15) is 0 Å². The standard InChI is InChI=1S/C26H34N8O/c1-17(2)34-22-10-8-7-9-18(22)25(31-34)20-11-12-28-26(29-20)30-21-15-19(27)23(16-24(21)35-6)33(5)14-13-32(3)4/h7-12,15-17H,13-14,27H2,1-6H3,(H,28,29,30). The maximum absolute atomic E-state index is 6.42. The molecule has 2 aromatic carbocycles. The van der Waals surface area contributed by atoms with Crippen LogP contribution in [0.3, 0.4) is 0 Å². The van der Waals surface area contributed by atoms with Crippen LogP contribution in [0.4, 0.5) is 23.0 Å². The van der Waals surface area contributed by atoms with E-state index in [2.05, 4.69) is 60.2 Å². The molecule has 9 heteroatoms. The van der Waals surface area contributed by atoms with Gasteiger partial charge in [-0.2, -0.15) is 5.10 Å². The molecule has 3 N–H and O–H groups in total. The van der Waals surface area contributed by atoms with E-state index in [-0.39, 0.29) is 6.04 Å². The van der Waals surface area contributed by atoms with Crippen LogP contribution in [0.15, 0.2) is 48.7 Å². The van der Waals surface area contributed by atoms with Crippen LogP contribution in [-0.2, 0) is 0 Å². The summed E-state index contributed by atoms with van der Waals surface area (Å²) in [4.78, 5) is 13.4. The largest absolute Gasteiger partial charge is 0.494 e. The molecule has 2 aromatic heterocycles. The number of nitrogen functional groups attached to an aromatic ring is 1. The Labute approximate surface area is 206 Å². The normalized spacial score (nSPS) is 11.4. The maximum atomic E-state index is 6.42. The van der Waals surface area contributed by atoms with Crippen molar-refractivity contribution in [3.8, 4) is 17.1 Å². The van der Waals surface area contributed by atoms with Gasteiger partial charge in [-0.25, -0.2) is 9.97 Å². The van der Waals surface area contributed by atoms with Crippen LogP contribution >= 0.6 is 0 Å². The van der Waals surface area contributed by atoms with Crippen molar-refractivity contribution in [1.29, 1.82) is 0 Å². The predicted octanol–water partition coefficient (Wildman–Crippen LogP) is 4.41. The lowest BCUT2D eigenvalue weighted by Gasteiger charge is -2.24. The third-order valence-corrected chi connectivity index (χ3v) is 5.89. The van der Waals surface area contributed by atoms with E-state index in [0.29, 0.717) is 23.1 Å². The van der Waals surface area contributed by atoms with Crippen molar-refractivity contribution in [3.05, 3.63) is 48.7 Å². The minimum atomic E-state index is 0.231. The molecule has 0 aliphatic heterocycles. The van der Waals surface area contributed by atoms with Gasteiger partial charge in [0.15, 0.2) is 0 Å². The molecule has 0 amide bonds. The van der Waals surface area contributed by atoms with E-state index in [1.165, 1.54) is 0 Å². The summed E-state index contributed by atoms with van der Waals surface area (Å²) in [6.45, 7) is 6.00. The number of ether oxygens (including phenoxy) is 1. The molecule has 0 atom stereocenters. The zero-order valence-corrected chi connectivity index (χ0v) is 21.3. The molecule has 0 radical (unpaired) electrons. The second-order valence-corrected chi connectivity index (χ2v) is 9.13. The number of hydrogen-bond donors (Lipinski definition) is 2. The first kappa shape index (κ1) is 24.3. The van der Waals surface area contributed by atoms with Gasteiger partial charge in [0.1, 0.15) is 11.4 Å². The monoisotopic (exact) mass is 474 g/mol. The van der Waals surface area contributed by atoms with Crippen molar-refractivity contribution in [2.75, 3.05) is 57.3 Å². The lowest BCUT2D eigenvalue weighted by Crippen LogP contribution is -2.29. The van der Waals surface area contributed by atoms with Crippen LogP contribution in [-0.4, -0.2) is 66.0 Å². The number of nitrogens with one attached hydrogen (secondary N) is 1.